The highest BCUT2D eigenvalue weighted by Gasteiger charge is 2.41. The number of carbonyl (C=O) groups excluding carboxylic acids is 1. The van der Waals surface area contributed by atoms with Crippen LogP contribution in [0.2, 0.25) is 36.3 Å². The van der Waals surface area contributed by atoms with Crippen molar-refractivity contribution in [2.75, 3.05) is 7.11 Å². The summed E-state index contributed by atoms with van der Waals surface area (Å²) >= 11 is 0. The Morgan fingerprint density at radius 2 is 1.39 bits per heavy atom. The molecule has 0 aliphatic rings. The van der Waals surface area contributed by atoms with Gasteiger partial charge in [-0.3, -0.25) is 4.79 Å². The molecule has 0 radical (unpaired) electrons. The smallest absolute Gasteiger partial charge is 0.311 e. The zero-order valence-corrected chi connectivity index (χ0v) is 28.3. The lowest BCUT2D eigenvalue weighted by molar-refractivity contribution is -0.151. The third-order valence-electron chi connectivity index (χ3n) is 7.96. The predicted molar refractivity (Wildman–Crippen MR) is 165 cm³/mol. The van der Waals surface area contributed by atoms with Gasteiger partial charge in [-0.15, -0.1) is 0 Å². The molecule has 0 aliphatic carbocycles. The van der Waals surface area contributed by atoms with Gasteiger partial charge >= 0.3 is 5.97 Å². The van der Waals surface area contributed by atoms with Crippen LogP contribution in [-0.4, -0.2) is 41.9 Å². The van der Waals surface area contributed by atoms with Crippen LogP contribution in [0.15, 0.2) is 48.6 Å². The molecule has 1 rings (SSSR count). The van der Waals surface area contributed by atoms with Crippen LogP contribution < -0.4 is 4.74 Å². The fraction of sp³-hybridized carbons (Fsp3) is 0.645. The summed E-state index contributed by atoms with van der Waals surface area (Å²) in [5.41, 5.74) is 0.917. The molecule has 38 heavy (non-hydrogen) atoms. The molecule has 7 heteroatoms. The molecule has 1 aromatic carbocycles. The van der Waals surface area contributed by atoms with Crippen molar-refractivity contribution in [1.82, 2.24) is 0 Å². The number of hydrogen-bond donors (Lipinski definition) is 0. The number of hydrogen-bond acceptors (Lipinski definition) is 5. The predicted octanol–water partition coefficient (Wildman–Crippen LogP) is 8.68. The van der Waals surface area contributed by atoms with E-state index >= 15 is 0 Å². The Labute approximate surface area is 235 Å². The van der Waals surface area contributed by atoms with Crippen molar-refractivity contribution in [3.8, 4) is 5.75 Å². The molecule has 3 atom stereocenters. The Morgan fingerprint density at radius 3 is 1.89 bits per heavy atom. The summed E-state index contributed by atoms with van der Waals surface area (Å²) in [6, 6.07) is 7.54. The van der Waals surface area contributed by atoms with E-state index in [1.807, 2.05) is 49.4 Å². The third kappa shape index (κ3) is 10.8. The van der Waals surface area contributed by atoms with E-state index in [2.05, 4.69) is 80.7 Å². The number of rotatable bonds is 13. The van der Waals surface area contributed by atoms with E-state index in [9.17, 15) is 4.79 Å². The fourth-order valence-electron chi connectivity index (χ4n) is 3.22. The minimum atomic E-state index is -2.12. The molecule has 0 heterocycles. The van der Waals surface area contributed by atoms with Crippen molar-refractivity contribution >= 4 is 22.6 Å². The van der Waals surface area contributed by atoms with Crippen molar-refractivity contribution < 1.29 is 23.1 Å². The van der Waals surface area contributed by atoms with Crippen molar-refractivity contribution in [3.05, 3.63) is 54.1 Å². The Balaban J connectivity index is 2.90. The van der Waals surface area contributed by atoms with Gasteiger partial charge in [-0.1, -0.05) is 78.0 Å². The van der Waals surface area contributed by atoms with Gasteiger partial charge < -0.3 is 18.3 Å². The van der Waals surface area contributed by atoms with Crippen molar-refractivity contribution in [2.45, 2.75) is 117 Å². The van der Waals surface area contributed by atoms with Gasteiger partial charge in [-0.05, 0) is 74.2 Å². The summed E-state index contributed by atoms with van der Waals surface area (Å²) in [5.74, 6) is 0.0674. The van der Waals surface area contributed by atoms with Crippen LogP contribution in [0.25, 0.3) is 0 Å². The van der Waals surface area contributed by atoms with Crippen molar-refractivity contribution in [1.29, 1.82) is 0 Å². The molecule has 0 bridgehead atoms. The average molecular weight is 563 g/mol. The van der Waals surface area contributed by atoms with E-state index in [1.54, 1.807) is 7.11 Å². The van der Waals surface area contributed by atoms with Crippen LogP contribution >= 0.6 is 0 Å². The standard InChI is InChI=1S/C31H54O5Si2/c1-24(35-37(10,11)30(3,4)5)17-15-14-16-18-28(36-38(12,13)31(6,7)8)25(2)29(32)34-23-26-19-21-27(33-9)22-20-26/h14-16,18-22,24-25,28H,17,23H2,1-13H3/b15-14+,18-16+. The monoisotopic (exact) mass is 562 g/mol. The Hall–Kier alpha value is -1.68. The van der Waals surface area contributed by atoms with Gasteiger partial charge in [0.25, 0.3) is 0 Å². The molecule has 3 unspecified atom stereocenters. The molecule has 1 aromatic rings. The molecular weight excluding hydrogens is 509 g/mol. The highest BCUT2D eigenvalue weighted by molar-refractivity contribution is 6.74. The van der Waals surface area contributed by atoms with Gasteiger partial charge in [0.1, 0.15) is 12.4 Å². The topological polar surface area (TPSA) is 54.0 Å². The minimum absolute atomic E-state index is 0.0260. The summed E-state index contributed by atoms with van der Waals surface area (Å²) < 4.78 is 24.0. The normalized spacial score (nSPS) is 16.0. The molecule has 0 fully saturated rings. The van der Waals surface area contributed by atoms with Crippen LogP contribution in [0.1, 0.15) is 67.4 Å². The van der Waals surface area contributed by atoms with E-state index in [0.29, 0.717) is 0 Å². The van der Waals surface area contributed by atoms with Gasteiger partial charge in [0.15, 0.2) is 16.6 Å². The zero-order chi connectivity index (χ0) is 29.4. The highest BCUT2D eigenvalue weighted by Crippen LogP contribution is 2.39. The van der Waals surface area contributed by atoms with Crippen molar-refractivity contribution in [3.63, 3.8) is 0 Å². The zero-order valence-electron chi connectivity index (χ0n) is 26.3. The van der Waals surface area contributed by atoms with Crippen LogP contribution in [0, 0.1) is 5.92 Å². The van der Waals surface area contributed by atoms with Gasteiger partial charge in [-0.2, -0.15) is 0 Å². The first kappa shape index (κ1) is 34.4. The summed E-state index contributed by atoms with van der Waals surface area (Å²) in [6.07, 6.45) is 8.77. The Kier molecular flexibility index (Phi) is 12.7. The maximum absolute atomic E-state index is 13.0. The summed E-state index contributed by atoms with van der Waals surface area (Å²) in [7, 11) is -2.28. The largest absolute Gasteiger partial charge is 0.497 e. The van der Waals surface area contributed by atoms with E-state index < -0.39 is 22.6 Å². The van der Waals surface area contributed by atoms with Crippen molar-refractivity contribution in [2.24, 2.45) is 5.92 Å². The first-order valence-electron chi connectivity index (χ1n) is 13.8. The van der Waals surface area contributed by atoms with E-state index in [-0.39, 0.29) is 34.9 Å². The van der Waals surface area contributed by atoms with Crippen LogP contribution in [-0.2, 0) is 25.0 Å². The minimum Gasteiger partial charge on any atom is -0.497 e. The quantitative estimate of drug-likeness (QED) is 0.137. The van der Waals surface area contributed by atoms with Crippen LogP contribution in [0.3, 0.4) is 0 Å². The summed E-state index contributed by atoms with van der Waals surface area (Å²) in [5, 5.41) is 0.218. The first-order chi connectivity index (χ1) is 17.3. The van der Waals surface area contributed by atoms with E-state index in [4.69, 9.17) is 18.3 Å². The number of allylic oxidation sites excluding steroid dienone is 2. The maximum Gasteiger partial charge on any atom is 0.311 e. The molecule has 0 saturated heterocycles. The van der Waals surface area contributed by atoms with Gasteiger partial charge in [0.2, 0.25) is 0 Å². The molecule has 5 nitrogen and oxygen atoms in total. The van der Waals surface area contributed by atoms with E-state index in [0.717, 1.165) is 17.7 Å². The number of carbonyl (C=O) groups is 1. The highest BCUT2D eigenvalue weighted by atomic mass is 28.4. The Morgan fingerprint density at radius 1 is 0.868 bits per heavy atom. The SMILES string of the molecule is COc1ccc(COC(=O)C(C)C(/C=C/C=C/CC(C)O[Si](C)(C)C(C)(C)C)O[Si](C)(C)C(C)(C)C)cc1. The molecule has 0 spiro atoms. The third-order valence-corrected chi connectivity index (χ3v) is 17.0. The second-order valence-corrected chi connectivity index (χ2v) is 22.8. The number of benzene rings is 1. The average Bonchev–Trinajstić information content (AvgIpc) is 2.79. The number of esters is 1. The molecular formula is C31H54O5Si2. The molecule has 0 N–H and O–H groups in total. The van der Waals surface area contributed by atoms with Gasteiger partial charge in [0, 0.05) is 6.10 Å². The van der Waals surface area contributed by atoms with Gasteiger partial charge in [-0.25, -0.2) is 0 Å². The molecule has 0 aromatic heterocycles. The summed E-state index contributed by atoms with van der Waals surface area (Å²) in [6.45, 7) is 26.6. The molecule has 0 saturated carbocycles. The number of methoxy groups -OCH3 is 1. The van der Waals surface area contributed by atoms with Crippen LogP contribution in [0.4, 0.5) is 0 Å². The van der Waals surface area contributed by atoms with E-state index in [1.165, 1.54) is 0 Å². The lowest BCUT2D eigenvalue weighted by Gasteiger charge is -2.39. The number of ether oxygens (including phenoxy) is 2. The fourth-order valence-corrected chi connectivity index (χ4v) is 5.99. The maximum atomic E-state index is 13.0. The first-order valence-corrected chi connectivity index (χ1v) is 19.6. The van der Waals surface area contributed by atoms with Gasteiger partial charge in [0.05, 0.1) is 19.1 Å². The lowest BCUT2D eigenvalue weighted by Crippen LogP contribution is -2.46. The Bertz CT molecular complexity index is 921. The lowest BCUT2D eigenvalue weighted by atomic mass is 10.0. The second kappa shape index (κ2) is 14.1. The summed E-state index contributed by atoms with van der Waals surface area (Å²) in [4.78, 5) is 13.0. The van der Waals surface area contributed by atoms with Crippen LogP contribution in [0.5, 0.6) is 5.75 Å². The molecule has 0 aliphatic heterocycles. The molecule has 216 valence electrons. The second-order valence-electron chi connectivity index (χ2n) is 13.3. The molecule has 0 amide bonds.